The first kappa shape index (κ1) is 18.3. The number of methoxy groups -OCH3 is 1. The van der Waals surface area contributed by atoms with Crippen molar-refractivity contribution in [2.24, 2.45) is 5.92 Å². The molecule has 5 heteroatoms. The Balaban J connectivity index is 2.86. The maximum Gasteiger partial charge on any atom is 0.175 e. The highest BCUT2D eigenvalue weighted by Gasteiger charge is 2.17. The van der Waals surface area contributed by atoms with E-state index in [4.69, 9.17) is 9.47 Å². The van der Waals surface area contributed by atoms with Crippen LogP contribution in [0.4, 0.5) is 0 Å². The highest BCUT2D eigenvalue weighted by atomic mass is 79.9. The van der Waals surface area contributed by atoms with Crippen molar-refractivity contribution < 1.29 is 14.6 Å². The number of aliphatic hydroxyl groups excluding tert-OH is 1. The zero-order valence-electron chi connectivity index (χ0n) is 13.4. The van der Waals surface area contributed by atoms with Crippen LogP contribution in [-0.4, -0.2) is 31.0 Å². The monoisotopic (exact) mass is 359 g/mol. The van der Waals surface area contributed by atoms with E-state index < -0.39 is 6.10 Å². The van der Waals surface area contributed by atoms with Gasteiger partial charge in [-0.2, -0.15) is 0 Å². The van der Waals surface area contributed by atoms with Crippen molar-refractivity contribution in [1.29, 1.82) is 0 Å². The van der Waals surface area contributed by atoms with E-state index in [0.29, 0.717) is 17.4 Å². The number of benzene rings is 1. The van der Waals surface area contributed by atoms with Gasteiger partial charge in [-0.1, -0.05) is 13.8 Å². The van der Waals surface area contributed by atoms with Crippen LogP contribution in [0.3, 0.4) is 0 Å². The van der Waals surface area contributed by atoms with Crippen LogP contribution in [0, 0.1) is 5.92 Å². The van der Waals surface area contributed by atoms with E-state index >= 15 is 0 Å². The largest absolute Gasteiger partial charge is 0.493 e. The lowest BCUT2D eigenvalue weighted by Crippen LogP contribution is -2.26. The molecule has 0 saturated heterocycles. The summed E-state index contributed by atoms with van der Waals surface area (Å²) in [7, 11) is 1.62. The number of ether oxygens (including phenoxy) is 2. The number of rotatable bonds is 8. The lowest BCUT2D eigenvalue weighted by atomic mass is 10.1. The van der Waals surface area contributed by atoms with E-state index in [1.807, 2.05) is 19.1 Å². The average molecular weight is 360 g/mol. The van der Waals surface area contributed by atoms with Gasteiger partial charge in [0.25, 0.3) is 0 Å². The number of nitrogens with one attached hydrogen (secondary N) is 1. The molecule has 2 atom stereocenters. The van der Waals surface area contributed by atoms with Gasteiger partial charge < -0.3 is 19.9 Å². The third kappa shape index (κ3) is 5.85. The maximum atomic E-state index is 9.57. The van der Waals surface area contributed by atoms with E-state index in [2.05, 4.69) is 35.1 Å². The summed E-state index contributed by atoms with van der Waals surface area (Å²) in [6, 6.07) is 3.97. The summed E-state index contributed by atoms with van der Waals surface area (Å²) in [5.41, 5.74) is 1.12. The van der Waals surface area contributed by atoms with Gasteiger partial charge in [0.05, 0.1) is 17.7 Å². The van der Waals surface area contributed by atoms with Crippen molar-refractivity contribution >= 4 is 15.9 Å². The minimum Gasteiger partial charge on any atom is -0.493 e. The summed E-state index contributed by atoms with van der Waals surface area (Å²) in [4.78, 5) is 0. The summed E-state index contributed by atoms with van der Waals surface area (Å²) in [6.07, 6.45) is -0.853. The normalized spacial score (nSPS) is 14.1. The summed E-state index contributed by atoms with van der Waals surface area (Å²) in [6.45, 7) is 9.64. The molecule has 2 N–H and O–H groups in total. The molecule has 1 aromatic carbocycles. The Labute approximate surface area is 136 Å². The molecule has 0 spiro atoms. The standard InChI is InChI=1S/C16H26BrNO3/c1-10(2)8-18-9-13-6-14(17)16(15(7-13)20-5)21-12(4)11(3)19/h6-7,10-12,18-19H,8-9H2,1-5H3. The molecule has 0 aromatic heterocycles. The van der Waals surface area contributed by atoms with Crippen LogP contribution < -0.4 is 14.8 Å². The zero-order valence-corrected chi connectivity index (χ0v) is 15.0. The van der Waals surface area contributed by atoms with Crippen molar-refractivity contribution in [1.82, 2.24) is 5.32 Å². The van der Waals surface area contributed by atoms with E-state index in [1.165, 1.54) is 0 Å². The highest BCUT2D eigenvalue weighted by molar-refractivity contribution is 9.10. The lowest BCUT2D eigenvalue weighted by molar-refractivity contribution is 0.0581. The minimum absolute atomic E-state index is 0.305. The van der Waals surface area contributed by atoms with Crippen molar-refractivity contribution in [3.8, 4) is 11.5 Å². The van der Waals surface area contributed by atoms with Gasteiger partial charge >= 0.3 is 0 Å². The second-order valence-corrected chi connectivity index (χ2v) is 6.55. The average Bonchev–Trinajstić information content (AvgIpc) is 2.40. The third-order valence-electron chi connectivity index (χ3n) is 3.15. The second-order valence-electron chi connectivity index (χ2n) is 5.70. The highest BCUT2D eigenvalue weighted by Crippen LogP contribution is 2.37. The molecule has 0 aliphatic heterocycles. The molecule has 21 heavy (non-hydrogen) atoms. The molecule has 2 unspecified atom stereocenters. The Morgan fingerprint density at radius 3 is 2.43 bits per heavy atom. The molecule has 0 aliphatic carbocycles. The van der Waals surface area contributed by atoms with Gasteiger partial charge in [0.15, 0.2) is 11.5 Å². The van der Waals surface area contributed by atoms with Crippen molar-refractivity contribution in [2.75, 3.05) is 13.7 Å². The van der Waals surface area contributed by atoms with Crippen LogP contribution in [0.15, 0.2) is 16.6 Å². The van der Waals surface area contributed by atoms with Gasteiger partial charge in [0, 0.05) is 6.54 Å². The summed E-state index contributed by atoms with van der Waals surface area (Å²) >= 11 is 3.52. The molecular formula is C16H26BrNO3. The predicted molar refractivity (Wildman–Crippen MR) is 89.0 cm³/mol. The molecular weight excluding hydrogens is 334 g/mol. The van der Waals surface area contributed by atoms with Crippen LogP contribution in [0.5, 0.6) is 11.5 Å². The van der Waals surface area contributed by atoms with Crippen molar-refractivity contribution in [3.63, 3.8) is 0 Å². The Kier molecular flexibility index (Phi) is 7.49. The lowest BCUT2D eigenvalue weighted by Gasteiger charge is -2.21. The fourth-order valence-electron chi connectivity index (χ4n) is 1.78. The van der Waals surface area contributed by atoms with Crippen LogP contribution in [0.2, 0.25) is 0 Å². The number of aliphatic hydroxyl groups is 1. The van der Waals surface area contributed by atoms with Crippen LogP contribution in [-0.2, 0) is 6.54 Å². The van der Waals surface area contributed by atoms with Crippen molar-refractivity contribution in [3.05, 3.63) is 22.2 Å². The Bertz CT molecular complexity index is 449. The van der Waals surface area contributed by atoms with Crippen LogP contribution in [0.1, 0.15) is 33.3 Å². The summed E-state index contributed by atoms with van der Waals surface area (Å²) in [5.74, 6) is 1.90. The Morgan fingerprint density at radius 2 is 1.90 bits per heavy atom. The van der Waals surface area contributed by atoms with E-state index in [-0.39, 0.29) is 6.10 Å². The number of hydrogen-bond donors (Lipinski definition) is 2. The molecule has 0 amide bonds. The third-order valence-corrected chi connectivity index (χ3v) is 3.74. The topological polar surface area (TPSA) is 50.7 Å². The number of hydrogen-bond acceptors (Lipinski definition) is 4. The van der Waals surface area contributed by atoms with Crippen LogP contribution in [0.25, 0.3) is 0 Å². The molecule has 1 aromatic rings. The fourth-order valence-corrected chi connectivity index (χ4v) is 2.36. The van der Waals surface area contributed by atoms with Crippen LogP contribution >= 0.6 is 15.9 Å². The summed E-state index contributed by atoms with van der Waals surface area (Å²) < 4.78 is 12.0. The van der Waals surface area contributed by atoms with Crippen molar-refractivity contribution in [2.45, 2.75) is 46.4 Å². The maximum absolute atomic E-state index is 9.57. The van der Waals surface area contributed by atoms with E-state index in [1.54, 1.807) is 14.0 Å². The molecule has 4 nitrogen and oxygen atoms in total. The Morgan fingerprint density at radius 1 is 1.24 bits per heavy atom. The molecule has 0 bridgehead atoms. The second kappa shape index (κ2) is 8.61. The van der Waals surface area contributed by atoms with Gasteiger partial charge in [-0.05, 0) is 59.9 Å². The van der Waals surface area contributed by atoms with Gasteiger partial charge in [-0.25, -0.2) is 0 Å². The first-order valence-electron chi connectivity index (χ1n) is 7.27. The van der Waals surface area contributed by atoms with Gasteiger partial charge in [-0.15, -0.1) is 0 Å². The molecule has 1 rings (SSSR count). The molecule has 0 radical (unpaired) electrons. The molecule has 120 valence electrons. The SMILES string of the molecule is COc1cc(CNCC(C)C)cc(Br)c1OC(C)C(C)O. The van der Waals surface area contributed by atoms with Gasteiger partial charge in [-0.3, -0.25) is 0 Å². The quantitative estimate of drug-likeness (QED) is 0.747. The predicted octanol–water partition coefficient (Wildman–Crippen LogP) is 3.35. The van der Waals surface area contributed by atoms with Gasteiger partial charge in [0.1, 0.15) is 6.10 Å². The van der Waals surface area contributed by atoms with E-state index in [0.717, 1.165) is 23.1 Å². The Hall–Kier alpha value is -0.780. The number of halogens is 1. The first-order valence-corrected chi connectivity index (χ1v) is 8.06. The molecule has 0 saturated carbocycles. The van der Waals surface area contributed by atoms with Gasteiger partial charge in [0.2, 0.25) is 0 Å². The molecule has 0 heterocycles. The minimum atomic E-state index is -0.547. The smallest absolute Gasteiger partial charge is 0.175 e. The van der Waals surface area contributed by atoms with E-state index in [9.17, 15) is 5.11 Å². The summed E-state index contributed by atoms with van der Waals surface area (Å²) in [5, 5.41) is 13.0. The molecule has 0 aliphatic rings. The zero-order chi connectivity index (χ0) is 16.0. The fraction of sp³-hybridized carbons (Fsp3) is 0.625. The first-order chi connectivity index (χ1) is 9.85. The molecule has 0 fully saturated rings.